The molecule has 0 saturated carbocycles. The van der Waals surface area contributed by atoms with Crippen molar-refractivity contribution in [3.05, 3.63) is 24.3 Å². The van der Waals surface area contributed by atoms with Gasteiger partial charge >= 0.3 is 0 Å². The van der Waals surface area contributed by atoms with Gasteiger partial charge in [0.15, 0.2) is 0 Å². The van der Waals surface area contributed by atoms with Crippen LogP contribution in [0.15, 0.2) is 29.2 Å². The maximum absolute atomic E-state index is 11.6. The van der Waals surface area contributed by atoms with Crippen LogP contribution < -0.4 is 4.90 Å². The van der Waals surface area contributed by atoms with Gasteiger partial charge in [0, 0.05) is 19.8 Å². The standard InChI is InChI=1S/C10H15NOS/c1-4-13(12)10-8-6-5-7-9(10)11(2)3/h5-8H,4H2,1-3H3. The van der Waals surface area contributed by atoms with E-state index in [1.807, 2.05) is 50.2 Å². The Morgan fingerprint density at radius 1 is 1.31 bits per heavy atom. The molecule has 0 aromatic heterocycles. The van der Waals surface area contributed by atoms with Crippen molar-refractivity contribution in [2.24, 2.45) is 0 Å². The lowest BCUT2D eigenvalue weighted by Gasteiger charge is -2.16. The number of para-hydroxylation sites is 1. The van der Waals surface area contributed by atoms with Crippen molar-refractivity contribution in [3.63, 3.8) is 0 Å². The highest BCUT2D eigenvalue weighted by atomic mass is 32.2. The summed E-state index contributed by atoms with van der Waals surface area (Å²) in [6.07, 6.45) is 0. The predicted octanol–water partition coefficient (Wildman–Crippen LogP) is 1.88. The van der Waals surface area contributed by atoms with Crippen LogP contribution in [0.5, 0.6) is 0 Å². The van der Waals surface area contributed by atoms with Gasteiger partial charge in [0.1, 0.15) is 0 Å². The molecule has 0 aliphatic carbocycles. The van der Waals surface area contributed by atoms with E-state index in [2.05, 4.69) is 0 Å². The van der Waals surface area contributed by atoms with Gasteiger partial charge in [-0.1, -0.05) is 19.1 Å². The third-order valence-electron chi connectivity index (χ3n) is 1.85. The van der Waals surface area contributed by atoms with Gasteiger partial charge < -0.3 is 4.90 Å². The quantitative estimate of drug-likeness (QED) is 0.737. The summed E-state index contributed by atoms with van der Waals surface area (Å²) in [5.41, 5.74) is 1.04. The van der Waals surface area contributed by atoms with Crippen LogP contribution in [0.2, 0.25) is 0 Å². The topological polar surface area (TPSA) is 20.3 Å². The Labute approximate surface area is 82.0 Å². The largest absolute Gasteiger partial charge is 0.377 e. The normalized spacial score (nSPS) is 12.5. The summed E-state index contributed by atoms with van der Waals surface area (Å²) < 4.78 is 11.6. The van der Waals surface area contributed by atoms with Crippen LogP contribution in [-0.2, 0) is 10.8 Å². The van der Waals surface area contributed by atoms with Gasteiger partial charge in [0.25, 0.3) is 0 Å². The zero-order valence-corrected chi connectivity index (χ0v) is 9.10. The van der Waals surface area contributed by atoms with E-state index in [0.717, 1.165) is 10.6 Å². The summed E-state index contributed by atoms with van der Waals surface area (Å²) in [6, 6.07) is 7.80. The lowest BCUT2D eigenvalue weighted by Crippen LogP contribution is -2.12. The molecule has 0 amide bonds. The van der Waals surface area contributed by atoms with Gasteiger partial charge in [-0.2, -0.15) is 0 Å². The maximum Gasteiger partial charge on any atom is 0.0621 e. The molecule has 0 radical (unpaired) electrons. The number of anilines is 1. The van der Waals surface area contributed by atoms with Crippen molar-refractivity contribution < 1.29 is 4.21 Å². The monoisotopic (exact) mass is 197 g/mol. The zero-order chi connectivity index (χ0) is 9.84. The number of rotatable bonds is 3. The average molecular weight is 197 g/mol. The molecule has 0 fully saturated rings. The number of hydrogen-bond acceptors (Lipinski definition) is 2. The van der Waals surface area contributed by atoms with Gasteiger partial charge in [-0.3, -0.25) is 4.21 Å². The molecule has 1 atom stereocenters. The second-order valence-electron chi connectivity index (χ2n) is 3.00. The summed E-state index contributed by atoms with van der Waals surface area (Å²) >= 11 is 0. The van der Waals surface area contributed by atoms with Crippen molar-refractivity contribution in [2.45, 2.75) is 11.8 Å². The Morgan fingerprint density at radius 3 is 2.46 bits per heavy atom. The van der Waals surface area contributed by atoms with Crippen molar-refractivity contribution in [1.29, 1.82) is 0 Å². The molecule has 0 spiro atoms. The minimum absolute atomic E-state index is 0.671. The molecule has 13 heavy (non-hydrogen) atoms. The van der Waals surface area contributed by atoms with E-state index in [0.29, 0.717) is 5.75 Å². The van der Waals surface area contributed by atoms with Crippen molar-refractivity contribution in [3.8, 4) is 0 Å². The molecule has 1 aromatic carbocycles. The lowest BCUT2D eigenvalue weighted by molar-refractivity contribution is 0.683. The summed E-state index contributed by atoms with van der Waals surface area (Å²) in [5.74, 6) is 0.671. The van der Waals surface area contributed by atoms with Crippen LogP contribution in [0.4, 0.5) is 5.69 Å². The third kappa shape index (κ3) is 2.31. The molecule has 0 saturated heterocycles. The Morgan fingerprint density at radius 2 is 1.92 bits per heavy atom. The van der Waals surface area contributed by atoms with Crippen molar-refractivity contribution >= 4 is 16.5 Å². The minimum Gasteiger partial charge on any atom is -0.377 e. The molecule has 0 N–H and O–H groups in total. The molecule has 3 heteroatoms. The summed E-state index contributed by atoms with van der Waals surface area (Å²) in [6.45, 7) is 1.93. The van der Waals surface area contributed by atoms with Gasteiger partial charge in [-0.05, 0) is 12.1 Å². The Balaban J connectivity index is 3.12. The molecule has 1 rings (SSSR count). The predicted molar refractivity (Wildman–Crippen MR) is 57.7 cm³/mol. The van der Waals surface area contributed by atoms with Crippen molar-refractivity contribution in [1.82, 2.24) is 0 Å². The van der Waals surface area contributed by atoms with Gasteiger partial charge in [0.2, 0.25) is 0 Å². The number of hydrogen-bond donors (Lipinski definition) is 0. The smallest absolute Gasteiger partial charge is 0.0621 e. The molecular formula is C10H15NOS. The van der Waals surface area contributed by atoms with Gasteiger partial charge in [-0.15, -0.1) is 0 Å². The van der Waals surface area contributed by atoms with Crippen LogP contribution in [0.25, 0.3) is 0 Å². The molecule has 0 aliphatic heterocycles. The first-order valence-corrected chi connectivity index (χ1v) is 5.63. The summed E-state index contributed by atoms with van der Waals surface area (Å²) in [4.78, 5) is 2.91. The fourth-order valence-corrected chi connectivity index (χ4v) is 2.20. The van der Waals surface area contributed by atoms with E-state index >= 15 is 0 Å². The first-order valence-electron chi connectivity index (χ1n) is 4.31. The van der Waals surface area contributed by atoms with E-state index in [1.165, 1.54) is 0 Å². The first kappa shape index (κ1) is 10.3. The molecule has 1 unspecified atom stereocenters. The van der Waals surface area contributed by atoms with E-state index < -0.39 is 10.8 Å². The van der Waals surface area contributed by atoms with E-state index in [9.17, 15) is 4.21 Å². The minimum atomic E-state index is -0.864. The van der Waals surface area contributed by atoms with E-state index in [4.69, 9.17) is 0 Å². The highest BCUT2D eigenvalue weighted by Crippen LogP contribution is 2.21. The zero-order valence-electron chi connectivity index (χ0n) is 8.28. The van der Waals surface area contributed by atoms with Gasteiger partial charge in [-0.25, -0.2) is 0 Å². The number of benzene rings is 1. The van der Waals surface area contributed by atoms with Crippen LogP contribution in [-0.4, -0.2) is 24.1 Å². The Bertz CT molecular complexity index is 310. The van der Waals surface area contributed by atoms with Crippen LogP contribution in [0.3, 0.4) is 0 Å². The molecule has 1 aromatic rings. The number of nitrogens with zero attached hydrogens (tertiary/aromatic N) is 1. The van der Waals surface area contributed by atoms with E-state index in [1.54, 1.807) is 0 Å². The second kappa shape index (κ2) is 4.42. The Hall–Kier alpha value is -0.830. The highest BCUT2D eigenvalue weighted by Gasteiger charge is 2.07. The average Bonchev–Trinajstić information content (AvgIpc) is 2.16. The third-order valence-corrected chi connectivity index (χ3v) is 3.21. The molecule has 0 bridgehead atoms. The fourth-order valence-electron chi connectivity index (χ4n) is 1.17. The van der Waals surface area contributed by atoms with Crippen LogP contribution in [0.1, 0.15) is 6.92 Å². The van der Waals surface area contributed by atoms with Crippen LogP contribution >= 0.6 is 0 Å². The fraction of sp³-hybridized carbons (Fsp3) is 0.400. The van der Waals surface area contributed by atoms with Crippen molar-refractivity contribution in [2.75, 3.05) is 24.7 Å². The van der Waals surface area contributed by atoms with Crippen LogP contribution in [0, 0.1) is 0 Å². The summed E-state index contributed by atoms with van der Waals surface area (Å²) in [5, 5.41) is 0. The van der Waals surface area contributed by atoms with E-state index in [-0.39, 0.29) is 0 Å². The lowest BCUT2D eigenvalue weighted by atomic mass is 10.3. The Kier molecular flexibility index (Phi) is 3.48. The molecule has 72 valence electrons. The maximum atomic E-state index is 11.6. The molecule has 0 heterocycles. The molecular weight excluding hydrogens is 182 g/mol. The molecule has 2 nitrogen and oxygen atoms in total. The van der Waals surface area contributed by atoms with Gasteiger partial charge in [0.05, 0.1) is 21.4 Å². The first-order chi connectivity index (χ1) is 6.16. The SMILES string of the molecule is CCS(=O)c1ccccc1N(C)C. The summed E-state index contributed by atoms with van der Waals surface area (Å²) in [7, 11) is 3.06. The highest BCUT2D eigenvalue weighted by molar-refractivity contribution is 7.85. The second-order valence-corrected chi connectivity index (χ2v) is 4.70. The molecule has 0 aliphatic rings.